The van der Waals surface area contributed by atoms with Crippen LogP contribution < -0.4 is 5.32 Å². The van der Waals surface area contributed by atoms with Gasteiger partial charge in [-0.25, -0.2) is 0 Å². The molecule has 0 amide bonds. The molecule has 0 aliphatic carbocycles. The van der Waals surface area contributed by atoms with E-state index in [0.717, 1.165) is 38.1 Å². The Labute approximate surface area is 144 Å². The number of pyridine rings is 1. The van der Waals surface area contributed by atoms with E-state index >= 15 is 0 Å². The van der Waals surface area contributed by atoms with E-state index in [1.54, 1.807) is 0 Å². The minimum absolute atomic E-state index is 0. The highest BCUT2D eigenvalue weighted by molar-refractivity contribution is 5.85. The van der Waals surface area contributed by atoms with Crippen molar-refractivity contribution in [3.05, 3.63) is 54.7 Å². The van der Waals surface area contributed by atoms with Crippen LogP contribution in [0.2, 0.25) is 0 Å². The van der Waals surface area contributed by atoms with Crippen LogP contribution in [0.15, 0.2) is 49.2 Å². The fourth-order valence-electron chi connectivity index (χ4n) is 3.03. The zero-order chi connectivity index (χ0) is 13.8. The summed E-state index contributed by atoms with van der Waals surface area (Å²) in [5.74, 6) is 0. The van der Waals surface area contributed by atoms with Crippen LogP contribution >= 0.6 is 24.8 Å². The molecule has 1 atom stereocenters. The fourth-order valence-corrected chi connectivity index (χ4v) is 3.03. The maximum Gasteiger partial charge on any atom is 0.0705 e. The molecule has 0 spiro atoms. The van der Waals surface area contributed by atoms with Crippen LogP contribution in [-0.2, 0) is 0 Å². The van der Waals surface area contributed by atoms with E-state index in [4.69, 9.17) is 0 Å². The van der Waals surface area contributed by atoms with Gasteiger partial charge < -0.3 is 5.32 Å². The lowest BCUT2D eigenvalue weighted by Crippen LogP contribution is -2.45. The first-order valence-electron chi connectivity index (χ1n) is 7.29. The Hall–Kier alpha value is -1.13. The number of hydrogen-bond donors (Lipinski definition) is 1. The predicted molar refractivity (Wildman–Crippen MR) is 98.2 cm³/mol. The first-order chi connectivity index (χ1) is 9.90. The standard InChI is InChI=1S/C17H21N3.2ClH/c1-2-5-17(20-12-10-18-11-13-20)15-8-9-19-16-7-4-3-6-14(15)16;;/h2-4,6-9,17-18H,1,5,10-13H2;2*1H/t17-;;/m1../s1. The minimum atomic E-state index is 0. The van der Waals surface area contributed by atoms with E-state index in [0.29, 0.717) is 6.04 Å². The molecule has 1 fully saturated rings. The van der Waals surface area contributed by atoms with Crippen molar-refractivity contribution in [3.8, 4) is 0 Å². The molecule has 5 heteroatoms. The third kappa shape index (κ3) is 3.99. The third-order valence-electron chi connectivity index (χ3n) is 4.02. The van der Waals surface area contributed by atoms with Gasteiger partial charge in [-0.15, -0.1) is 31.4 Å². The van der Waals surface area contributed by atoms with Crippen LogP contribution in [0.1, 0.15) is 18.0 Å². The summed E-state index contributed by atoms with van der Waals surface area (Å²) >= 11 is 0. The second-order valence-corrected chi connectivity index (χ2v) is 5.24. The molecule has 2 aromatic rings. The largest absolute Gasteiger partial charge is 0.314 e. The van der Waals surface area contributed by atoms with Crippen LogP contribution in [0.4, 0.5) is 0 Å². The van der Waals surface area contributed by atoms with E-state index in [-0.39, 0.29) is 24.8 Å². The minimum Gasteiger partial charge on any atom is -0.314 e. The average Bonchev–Trinajstić information content (AvgIpc) is 2.53. The average molecular weight is 340 g/mol. The van der Waals surface area contributed by atoms with Gasteiger partial charge in [0.2, 0.25) is 0 Å². The van der Waals surface area contributed by atoms with Crippen LogP contribution in [0.25, 0.3) is 10.9 Å². The van der Waals surface area contributed by atoms with Crippen LogP contribution in [-0.4, -0.2) is 36.1 Å². The van der Waals surface area contributed by atoms with Gasteiger partial charge in [0, 0.05) is 43.8 Å². The zero-order valence-electron chi connectivity index (χ0n) is 12.6. The lowest BCUT2D eigenvalue weighted by atomic mass is 9.97. The van der Waals surface area contributed by atoms with Crippen molar-refractivity contribution in [2.75, 3.05) is 26.2 Å². The molecule has 1 N–H and O–H groups in total. The summed E-state index contributed by atoms with van der Waals surface area (Å²) in [4.78, 5) is 7.03. The number of para-hydroxylation sites is 1. The normalized spacial score (nSPS) is 16.4. The summed E-state index contributed by atoms with van der Waals surface area (Å²) in [7, 11) is 0. The van der Waals surface area contributed by atoms with Gasteiger partial charge in [-0.1, -0.05) is 24.3 Å². The molecular weight excluding hydrogens is 317 g/mol. The summed E-state index contributed by atoms with van der Waals surface area (Å²) < 4.78 is 0. The molecule has 1 aliphatic rings. The highest BCUT2D eigenvalue weighted by Gasteiger charge is 2.22. The van der Waals surface area contributed by atoms with Gasteiger partial charge in [0.25, 0.3) is 0 Å². The van der Waals surface area contributed by atoms with E-state index in [1.165, 1.54) is 10.9 Å². The van der Waals surface area contributed by atoms with Crippen molar-refractivity contribution in [2.24, 2.45) is 0 Å². The topological polar surface area (TPSA) is 28.2 Å². The molecule has 1 aliphatic heterocycles. The molecule has 3 nitrogen and oxygen atoms in total. The Kier molecular flexibility index (Phi) is 7.83. The number of fused-ring (bicyclic) bond motifs is 1. The van der Waals surface area contributed by atoms with Gasteiger partial charge >= 0.3 is 0 Å². The zero-order valence-corrected chi connectivity index (χ0v) is 14.2. The summed E-state index contributed by atoms with van der Waals surface area (Å²) in [6.45, 7) is 8.26. The van der Waals surface area contributed by atoms with Crippen molar-refractivity contribution in [2.45, 2.75) is 12.5 Å². The van der Waals surface area contributed by atoms with E-state index < -0.39 is 0 Å². The van der Waals surface area contributed by atoms with Gasteiger partial charge in [-0.3, -0.25) is 9.88 Å². The Morgan fingerprint density at radius 2 is 1.91 bits per heavy atom. The van der Waals surface area contributed by atoms with Gasteiger partial charge in [0.15, 0.2) is 0 Å². The first-order valence-corrected chi connectivity index (χ1v) is 7.29. The van der Waals surface area contributed by atoms with Gasteiger partial charge in [0.05, 0.1) is 5.52 Å². The Morgan fingerprint density at radius 3 is 2.64 bits per heavy atom. The van der Waals surface area contributed by atoms with E-state index in [1.807, 2.05) is 18.3 Å². The molecule has 1 aromatic carbocycles. The van der Waals surface area contributed by atoms with E-state index in [2.05, 4.69) is 46.0 Å². The molecule has 0 unspecified atom stereocenters. The first kappa shape index (κ1) is 18.9. The Bertz CT molecular complexity index is 592. The molecule has 120 valence electrons. The number of nitrogens with one attached hydrogen (secondary N) is 1. The highest BCUT2D eigenvalue weighted by Crippen LogP contribution is 2.30. The molecule has 0 saturated carbocycles. The molecule has 3 rings (SSSR count). The quantitative estimate of drug-likeness (QED) is 0.862. The summed E-state index contributed by atoms with van der Waals surface area (Å²) in [6, 6.07) is 11.0. The molecular formula is C17H23Cl2N3. The van der Waals surface area contributed by atoms with Gasteiger partial charge in [0.1, 0.15) is 0 Å². The Morgan fingerprint density at radius 1 is 1.18 bits per heavy atom. The second-order valence-electron chi connectivity index (χ2n) is 5.24. The number of piperazine rings is 1. The Balaban J connectivity index is 0.00000121. The van der Waals surface area contributed by atoms with Crippen molar-refractivity contribution in [3.63, 3.8) is 0 Å². The highest BCUT2D eigenvalue weighted by atomic mass is 35.5. The third-order valence-corrected chi connectivity index (χ3v) is 4.02. The van der Waals surface area contributed by atoms with Crippen molar-refractivity contribution >= 4 is 35.7 Å². The molecule has 0 radical (unpaired) electrons. The summed E-state index contributed by atoms with van der Waals surface area (Å²) in [6.07, 6.45) is 4.94. The number of rotatable bonds is 4. The van der Waals surface area contributed by atoms with Crippen molar-refractivity contribution in [1.82, 2.24) is 15.2 Å². The molecule has 1 aromatic heterocycles. The smallest absolute Gasteiger partial charge is 0.0705 e. The predicted octanol–water partition coefficient (Wildman–Crippen LogP) is 3.60. The molecule has 2 heterocycles. The lowest BCUT2D eigenvalue weighted by molar-refractivity contribution is 0.175. The number of nitrogens with zero attached hydrogens (tertiary/aromatic N) is 2. The van der Waals surface area contributed by atoms with Crippen molar-refractivity contribution in [1.29, 1.82) is 0 Å². The number of benzene rings is 1. The van der Waals surface area contributed by atoms with Crippen molar-refractivity contribution < 1.29 is 0 Å². The van der Waals surface area contributed by atoms with E-state index in [9.17, 15) is 0 Å². The molecule has 22 heavy (non-hydrogen) atoms. The summed E-state index contributed by atoms with van der Waals surface area (Å²) in [5.41, 5.74) is 2.45. The monoisotopic (exact) mass is 339 g/mol. The number of hydrogen-bond acceptors (Lipinski definition) is 3. The second kappa shape index (κ2) is 9.11. The number of halogens is 2. The fraction of sp³-hybridized carbons (Fsp3) is 0.353. The van der Waals surface area contributed by atoms with Crippen LogP contribution in [0.5, 0.6) is 0 Å². The van der Waals surface area contributed by atoms with Crippen LogP contribution in [0, 0.1) is 0 Å². The summed E-state index contributed by atoms with van der Waals surface area (Å²) in [5, 5.41) is 4.68. The van der Waals surface area contributed by atoms with Gasteiger partial charge in [-0.2, -0.15) is 0 Å². The van der Waals surface area contributed by atoms with Crippen LogP contribution in [0.3, 0.4) is 0 Å². The maximum absolute atomic E-state index is 4.47. The maximum atomic E-state index is 4.47. The molecule has 1 saturated heterocycles. The SMILES string of the molecule is C=CC[C@H](c1ccnc2ccccc12)N1CCNCC1.Cl.Cl. The number of aromatic nitrogens is 1. The van der Waals surface area contributed by atoms with Gasteiger partial charge in [-0.05, 0) is 24.1 Å². The lowest BCUT2D eigenvalue weighted by Gasteiger charge is -2.35. The molecule has 0 bridgehead atoms.